The van der Waals surface area contributed by atoms with Gasteiger partial charge in [0.2, 0.25) is 0 Å². The molecule has 78 heavy (non-hydrogen) atoms. The van der Waals surface area contributed by atoms with E-state index in [1.54, 1.807) is 155 Å². The number of anilines is 6. The van der Waals surface area contributed by atoms with Crippen LogP contribution in [-0.2, 0) is 0 Å². The summed E-state index contributed by atoms with van der Waals surface area (Å²) in [5, 5.41) is 42.4. The predicted molar refractivity (Wildman–Crippen MR) is 300 cm³/mol. The molecule has 0 heterocycles. The van der Waals surface area contributed by atoms with Crippen LogP contribution in [0.5, 0.6) is 0 Å². The van der Waals surface area contributed by atoms with Gasteiger partial charge in [-0.15, -0.1) is 0 Å². The fourth-order valence-corrected chi connectivity index (χ4v) is 10.3. The zero-order valence-electron chi connectivity index (χ0n) is 41.0. The highest BCUT2D eigenvalue weighted by atomic mass is 19.1. The molecule has 0 radical (unpaired) electrons. The first-order valence-electron chi connectivity index (χ1n) is 24.6. The molecule has 0 aliphatic carbocycles. The molecule has 0 aromatic heterocycles. The molecule has 12 aromatic carbocycles. The van der Waals surface area contributed by atoms with Gasteiger partial charge >= 0.3 is 0 Å². The van der Waals surface area contributed by atoms with Crippen LogP contribution in [0.25, 0.3) is 76.8 Å². The molecule has 0 N–H and O–H groups in total. The zero-order valence-corrected chi connectivity index (χ0v) is 41.0. The van der Waals surface area contributed by atoms with Crippen molar-refractivity contribution < 1.29 is 17.6 Å². The molecule has 0 saturated carbocycles. The van der Waals surface area contributed by atoms with Crippen LogP contribution in [0.3, 0.4) is 0 Å². The van der Waals surface area contributed by atoms with Gasteiger partial charge in [0.05, 0.1) is 80.7 Å². The van der Waals surface area contributed by atoms with Crippen molar-refractivity contribution in [2.75, 3.05) is 9.80 Å². The van der Waals surface area contributed by atoms with Gasteiger partial charge in [0.25, 0.3) is 0 Å². The Morgan fingerprint density at radius 3 is 0.718 bits per heavy atom. The first kappa shape index (κ1) is 47.9. The van der Waals surface area contributed by atoms with Gasteiger partial charge in [-0.25, -0.2) is 17.6 Å². The summed E-state index contributed by atoms with van der Waals surface area (Å²) in [5.41, 5.74) is 8.03. The Bertz CT molecular complexity index is 4020. The maximum atomic E-state index is 17.0. The van der Waals surface area contributed by atoms with Crippen molar-refractivity contribution in [2.45, 2.75) is 0 Å². The van der Waals surface area contributed by atoms with Gasteiger partial charge in [-0.05, 0) is 175 Å². The molecule has 0 amide bonds. The maximum absolute atomic E-state index is 17.0. The number of hydrogen-bond donors (Lipinski definition) is 0. The molecule has 0 fully saturated rings. The summed E-state index contributed by atoms with van der Waals surface area (Å²) in [5.74, 6) is -2.58. The third-order valence-corrected chi connectivity index (χ3v) is 14.2. The average Bonchev–Trinajstić information content (AvgIpc) is 3.53. The molecule has 366 valence electrons. The second kappa shape index (κ2) is 19.7. The minimum absolute atomic E-state index is 0.0323. The van der Waals surface area contributed by atoms with E-state index in [4.69, 9.17) is 0 Å². The Morgan fingerprint density at radius 1 is 0.244 bits per heavy atom. The quantitative estimate of drug-likeness (QED) is 0.0999. The van der Waals surface area contributed by atoms with Crippen molar-refractivity contribution in [1.82, 2.24) is 0 Å². The van der Waals surface area contributed by atoms with Crippen LogP contribution in [0.15, 0.2) is 218 Å². The van der Waals surface area contributed by atoms with Gasteiger partial charge in [0, 0.05) is 10.8 Å². The highest BCUT2D eigenvalue weighted by Gasteiger charge is 2.28. The first-order valence-corrected chi connectivity index (χ1v) is 24.6. The van der Waals surface area contributed by atoms with Crippen LogP contribution in [0, 0.1) is 68.6 Å². The van der Waals surface area contributed by atoms with Crippen molar-refractivity contribution >= 4 is 66.4 Å². The Balaban J connectivity index is 1.11. The van der Waals surface area contributed by atoms with Crippen LogP contribution in [0.1, 0.15) is 22.3 Å². The van der Waals surface area contributed by atoms with Crippen molar-refractivity contribution in [1.29, 1.82) is 21.0 Å². The van der Waals surface area contributed by atoms with Crippen molar-refractivity contribution in [3.63, 3.8) is 0 Å². The predicted octanol–water partition coefficient (Wildman–Crippen LogP) is 18.2. The van der Waals surface area contributed by atoms with E-state index in [0.29, 0.717) is 88.9 Å². The van der Waals surface area contributed by atoms with E-state index in [2.05, 4.69) is 24.3 Å². The molecule has 0 spiro atoms. The fraction of sp³-hybridized carbons (Fsp3) is 0. The zero-order chi connectivity index (χ0) is 53.6. The van der Waals surface area contributed by atoms with E-state index < -0.39 is 23.3 Å². The van der Waals surface area contributed by atoms with E-state index in [0.717, 1.165) is 21.5 Å². The smallest absolute Gasteiger partial charge is 0.147 e. The molecule has 12 aromatic rings. The van der Waals surface area contributed by atoms with E-state index in [9.17, 15) is 21.0 Å². The van der Waals surface area contributed by atoms with Gasteiger partial charge in [-0.3, -0.25) is 0 Å². The number of halogens is 4. The van der Waals surface area contributed by atoms with Crippen molar-refractivity contribution in [3.8, 4) is 68.8 Å². The Labute approximate surface area is 445 Å². The number of nitriles is 4. The molecule has 0 aliphatic heterocycles. The van der Waals surface area contributed by atoms with Gasteiger partial charge in [0.1, 0.15) is 23.3 Å². The Morgan fingerprint density at radius 2 is 0.474 bits per heavy atom. The standard InChI is InChI=1S/C68H36F4N6/c69-57-27-19-51(45-9-1-41(37-73)2-10-45)33-63(57)77(64-34-52(20-28-58(64)70)46-11-3-42(38-74)4-12-46)61-31-23-49-18-26-56-62(32-24-50-17-25-55(61)67(49)68(50)56)78(65-35-53(21-29-59(65)71)47-13-5-43(39-75)6-14-47)66-36-54(22-30-60(66)72)48-15-7-44(40-76)8-16-48/h1-36H. The summed E-state index contributed by atoms with van der Waals surface area (Å²) in [6, 6.07) is 69.7. The second-order valence-corrected chi connectivity index (χ2v) is 18.7. The fourth-order valence-electron chi connectivity index (χ4n) is 10.3. The summed E-state index contributed by atoms with van der Waals surface area (Å²) >= 11 is 0. The van der Waals surface area contributed by atoms with E-state index in [1.807, 2.05) is 48.5 Å². The minimum Gasteiger partial charge on any atom is -0.304 e. The third kappa shape index (κ3) is 8.49. The summed E-state index contributed by atoms with van der Waals surface area (Å²) in [7, 11) is 0. The molecule has 0 saturated heterocycles. The monoisotopic (exact) mass is 1010 g/mol. The summed E-state index contributed by atoms with van der Waals surface area (Å²) in [6.07, 6.45) is 0. The summed E-state index contributed by atoms with van der Waals surface area (Å²) < 4.78 is 68.0. The lowest BCUT2D eigenvalue weighted by Gasteiger charge is -2.30. The third-order valence-electron chi connectivity index (χ3n) is 14.2. The lowest BCUT2D eigenvalue weighted by atomic mass is 9.91. The highest BCUT2D eigenvalue weighted by molar-refractivity contribution is 6.28. The second-order valence-electron chi connectivity index (χ2n) is 18.7. The Hall–Kier alpha value is -11.0. The Kier molecular flexibility index (Phi) is 12.1. The van der Waals surface area contributed by atoms with Crippen molar-refractivity contribution in [3.05, 3.63) is 264 Å². The molecule has 0 aliphatic rings. The molecule has 12 rings (SSSR count). The molecule has 0 unspecified atom stereocenters. The summed E-state index contributed by atoms with van der Waals surface area (Å²) in [4.78, 5) is 3.14. The molecular weight excluding hydrogens is 977 g/mol. The summed E-state index contributed by atoms with van der Waals surface area (Å²) in [6.45, 7) is 0. The van der Waals surface area contributed by atoms with E-state index >= 15 is 17.6 Å². The maximum Gasteiger partial charge on any atom is 0.147 e. The lowest BCUT2D eigenvalue weighted by molar-refractivity contribution is 0.619. The molecule has 0 bridgehead atoms. The number of hydrogen-bond acceptors (Lipinski definition) is 6. The van der Waals surface area contributed by atoms with Crippen LogP contribution in [0.4, 0.5) is 51.7 Å². The van der Waals surface area contributed by atoms with E-state index in [-0.39, 0.29) is 22.7 Å². The minimum atomic E-state index is -0.644. The lowest BCUT2D eigenvalue weighted by Crippen LogP contribution is -2.15. The largest absolute Gasteiger partial charge is 0.304 e. The average molecular weight is 1010 g/mol. The molecule has 6 nitrogen and oxygen atoms in total. The molecular formula is C68H36F4N6. The van der Waals surface area contributed by atoms with Crippen LogP contribution in [-0.4, -0.2) is 0 Å². The van der Waals surface area contributed by atoms with Gasteiger partial charge in [-0.1, -0.05) is 109 Å². The SMILES string of the molecule is N#Cc1ccc(-c2ccc(F)c(N(c3cc(-c4ccc(C#N)cc4)ccc3F)c3ccc4ccc5c(N(c6cc(-c7ccc(C#N)cc7)ccc6F)c6cc(-c7ccc(C#N)cc7)ccc6F)ccc6ccc3c4c65)c2)cc1. The molecule has 0 atom stereocenters. The number of benzene rings is 12. The van der Waals surface area contributed by atoms with Crippen molar-refractivity contribution in [2.24, 2.45) is 0 Å². The molecule has 10 heteroatoms. The highest BCUT2D eigenvalue weighted by Crippen LogP contribution is 2.50. The van der Waals surface area contributed by atoms with Crippen LogP contribution in [0.2, 0.25) is 0 Å². The first-order chi connectivity index (χ1) is 38.1. The van der Waals surface area contributed by atoms with Crippen LogP contribution >= 0.6 is 0 Å². The van der Waals surface area contributed by atoms with E-state index in [1.165, 1.54) is 24.3 Å². The van der Waals surface area contributed by atoms with Gasteiger partial charge in [0.15, 0.2) is 0 Å². The van der Waals surface area contributed by atoms with Gasteiger partial charge in [-0.2, -0.15) is 21.0 Å². The normalized spacial score (nSPS) is 11.0. The van der Waals surface area contributed by atoms with Gasteiger partial charge < -0.3 is 9.80 Å². The number of nitrogens with zero attached hydrogens (tertiary/aromatic N) is 6. The number of rotatable bonds is 10. The van der Waals surface area contributed by atoms with Crippen LogP contribution < -0.4 is 9.80 Å². The topological polar surface area (TPSA) is 102 Å².